The molecule has 1 heterocycles. The fourth-order valence-electron chi connectivity index (χ4n) is 2.89. The zero-order chi connectivity index (χ0) is 17.1. The van der Waals surface area contributed by atoms with Gasteiger partial charge in [0.2, 0.25) is 0 Å². The van der Waals surface area contributed by atoms with Crippen LogP contribution in [0.1, 0.15) is 11.1 Å². The van der Waals surface area contributed by atoms with Crippen LogP contribution < -0.4 is 10.1 Å². The largest absolute Gasteiger partial charge is 0.489 e. The first-order valence-corrected chi connectivity index (χ1v) is 9.26. The second kappa shape index (κ2) is 7.19. The molecule has 0 unspecified atom stereocenters. The van der Waals surface area contributed by atoms with Gasteiger partial charge in [-0.2, -0.15) is 0 Å². The third-order valence-corrected chi connectivity index (χ3v) is 4.99. The highest BCUT2D eigenvalue weighted by molar-refractivity contribution is 8.02. The van der Waals surface area contributed by atoms with Crippen molar-refractivity contribution in [3.8, 4) is 5.75 Å². The summed E-state index contributed by atoms with van der Waals surface area (Å²) < 4.78 is 19.4. The molecule has 25 heavy (non-hydrogen) atoms. The van der Waals surface area contributed by atoms with Crippen molar-refractivity contribution in [1.29, 1.82) is 0 Å². The van der Waals surface area contributed by atoms with Crippen LogP contribution in [0.3, 0.4) is 0 Å². The van der Waals surface area contributed by atoms with Gasteiger partial charge in [-0.15, -0.1) is 11.8 Å². The topological polar surface area (TPSA) is 21.3 Å². The van der Waals surface area contributed by atoms with Crippen LogP contribution >= 0.6 is 11.8 Å². The summed E-state index contributed by atoms with van der Waals surface area (Å²) in [5, 5.41) is 7.86. The van der Waals surface area contributed by atoms with Crippen molar-refractivity contribution in [2.75, 3.05) is 5.88 Å². The van der Waals surface area contributed by atoms with E-state index in [2.05, 4.69) is 35.0 Å². The van der Waals surface area contributed by atoms with Gasteiger partial charge in [0.1, 0.15) is 18.2 Å². The summed E-state index contributed by atoms with van der Waals surface area (Å²) in [5.41, 5.74) is 3.12. The number of fused-ring (bicyclic) bond motifs is 1. The third kappa shape index (κ3) is 3.80. The first-order valence-electron chi connectivity index (χ1n) is 8.21. The minimum Gasteiger partial charge on any atom is -0.489 e. The van der Waals surface area contributed by atoms with Crippen molar-refractivity contribution in [1.82, 2.24) is 5.32 Å². The molecule has 1 aliphatic heterocycles. The smallest absolute Gasteiger partial charge is 0.129 e. The highest BCUT2D eigenvalue weighted by Crippen LogP contribution is 2.25. The Labute approximate surface area is 150 Å². The summed E-state index contributed by atoms with van der Waals surface area (Å²) in [6.07, 6.45) is 0.925. The van der Waals surface area contributed by atoms with E-state index in [9.17, 15) is 4.39 Å². The van der Waals surface area contributed by atoms with Gasteiger partial charge in [-0.3, -0.25) is 0 Å². The summed E-state index contributed by atoms with van der Waals surface area (Å²) in [4.78, 5) is 0. The predicted octanol–water partition coefficient (Wildman–Crippen LogP) is 5.24. The first kappa shape index (κ1) is 16.0. The summed E-state index contributed by atoms with van der Waals surface area (Å²) >= 11 is 1.80. The van der Waals surface area contributed by atoms with Gasteiger partial charge in [0.05, 0.1) is 5.88 Å². The van der Waals surface area contributed by atoms with Crippen LogP contribution in [0.2, 0.25) is 0 Å². The minimum atomic E-state index is -0.235. The van der Waals surface area contributed by atoms with E-state index in [0.717, 1.165) is 23.4 Å². The Morgan fingerprint density at radius 2 is 1.84 bits per heavy atom. The standard InChI is InChI=1S/C21H18FNOS/c22-21-4-2-1-3-18(21)12-24-20-8-7-16-9-15(5-6-17(16)11-20)10-19-13-25-14-23-19/h1-9,11,13,23H,10,12,14H2. The summed E-state index contributed by atoms with van der Waals surface area (Å²) in [5.74, 6) is 1.48. The van der Waals surface area contributed by atoms with Gasteiger partial charge in [-0.1, -0.05) is 42.5 Å². The lowest BCUT2D eigenvalue weighted by Crippen LogP contribution is -2.08. The molecule has 3 aromatic carbocycles. The molecule has 0 spiro atoms. The van der Waals surface area contributed by atoms with Crippen LogP contribution in [-0.4, -0.2) is 5.88 Å². The molecule has 0 atom stereocenters. The van der Waals surface area contributed by atoms with Gasteiger partial charge >= 0.3 is 0 Å². The maximum absolute atomic E-state index is 13.7. The van der Waals surface area contributed by atoms with E-state index in [1.165, 1.54) is 22.7 Å². The van der Waals surface area contributed by atoms with Crippen molar-refractivity contribution in [3.63, 3.8) is 0 Å². The van der Waals surface area contributed by atoms with Crippen molar-refractivity contribution in [2.45, 2.75) is 13.0 Å². The molecule has 4 heteroatoms. The number of thioether (sulfide) groups is 1. The van der Waals surface area contributed by atoms with Crippen LogP contribution in [0.4, 0.5) is 4.39 Å². The summed E-state index contributed by atoms with van der Waals surface area (Å²) in [6.45, 7) is 0.230. The van der Waals surface area contributed by atoms with E-state index < -0.39 is 0 Å². The first-order chi connectivity index (χ1) is 12.3. The van der Waals surface area contributed by atoms with Gasteiger partial charge in [0, 0.05) is 17.7 Å². The second-order valence-electron chi connectivity index (χ2n) is 6.03. The molecule has 0 aromatic heterocycles. The Balaban J connectivity index is 1.49. The highest BCUT2D eigenvalue weighted by Gasteiger charge is 2.06. The molecule has 0 amide bonds. The van der Waals surface area contributed by atoms with Crippen molar-refractivity contribution >= 4 is 22.5 Å². The van der Waals surface area contributed by atoms with E-state index >= 15 is 0 Å². The van der Waals surface area contributed by atoms with Gasteiger partial charge in [0.15, 0.2) is 0 Å². The lowest BCUT2D eigenvalue weighted by atomic mass is 10.0. The average Bonchev–Trinajstić information content (AvgIpc) is 3.14. The molecule has 0 fully saturated rings. The average molecular weight is 351 g/mol. The number of benzene rings is 3. The third-order valence-electron chi connectivity index (χ3n) is 4.23. The van der Waals surface area contributed by atoms with Crippen LogP contribution in [0, 0.1) is 5.82 Å². The van der Waals surface area contributed by atoms with E-state index in [-0.39, 0.29) is 12.4 Å². The van der Waals surface area contributed by atoms with Crippen molar-refractivity contribution in [2.24, 2.45) is 0 Å². The van der Waals surface area contributed by atoms with Gasteiger partial charge < -0.3 is 10.1 Å². The fraction of sp³-hybridized carbons (Fsp3) is 0.143. The number of allylic oxidation sites excluding steroid dienone is 1. The second-order valence-corrected chi connectivity index (χ2v) is 6.89. The number of rotatable bonds is 5. The predicted molar refractivity (Wildman–Crippen MR) is 102 cm³/mol. The van der Waals surface area contributed by atoms with E-state index in [4.69, 9.17) is 4.74 Å². The molecule has 2 nitrogen and oxygen atoms in total. The molecule has 0 aliphatic carbocycles. The van der Waals surface area contributed by atoms with Crippen molar-refractivity contribution in [3.05, 3.63) is 88.7 Å². The number of ether oxygens (including phenoxy) is 1. The Kier molecular flexibility index (Phi) is 4.61. The van der Waals surface area contributed by atoms with Gasteiger partial charge in [0.25, 0.3) is 0 Å². The normalized spacial score (nSPS) is 13.6. The van der Waals surface area contributed by atoms with Crippen LogP contribution in [-0.2, 0) is 13.0 Å². The van der Waals surface area contributed by atoms with Crippen LogP contribution in [0.5, 0.6) is 5.75 Å². The van der Waals surface area contributed by atoms with E-state index in [1.807, 2.05) is 18.2 Å². The molecule has 1 aliphatic rings. The van der Waals surface area contributed by atoms with E-state index in [1.54, 1.807) is 23.9 Å². The molecule has 3 aromatic rings. The summed E-state index contributed by atoms with van der Waals surface area (Å²) in [7, 11) is 0. The van der Waals surface area contributed by atoms with Gasteiger partial charge in [-0.05, 0) is 39.9 Å². The lowest BCUT2D eigenvalue weighted by Gasteiger charge is -2.09. The van der Waals surface area contributed by atoms with Crippen molar-refractivity contribution < 1.29 is 9.13 Å². The maximum atomic E-state index is 13.7. The fourth-order valence-corrected chi connectivity index (χ4v) is 3.61. The Morgan fingerprint density at radius 1 is 1.00 bits per heavy atom. The Morgan fingerprint density at radius 3 is 2.68 bits per heavy atom. The monoisotopic (exact) mass is 351 g/mol. The Bertz CT molecular complexity index is 938. The molecular weight excluding hydrogens is 333 g/mol. The number of hydrogen-bond acceptors (Lipinski definition) is 3. The quantitative estimate of drug-likeness (QED) is 0.679. The zero-order valence-electron chi connectivity index (χ0n) is 13.7. The molecule has 0 saturated carbocycles. The number of hydrogen-bond donors (Lipinski definition) is 1. The number of nitrogens with one attached hydrogen (secondary N) is 1. The zero-order valence-corrected chi connectivity index (χ0v) is 14.5. The molecule has 0 bridgehead atoms. The van der Waals surface area contributed by atoms with Gasteiger partial charge in [-0.25, -0.2) is 4.39 Å². The maximum Gasteiger partial charge on any atom is 0.129 e. The molecule has 0 radical (unpaired) electrons. The highest BCUT2D eigenvalue weighted by atomic mass is 32.2. The van der Waals surface area contributed by atoms with Crippen LogP contribution in [0.15, 0.2) is 71.8 Å². The van der Waals surface area contributed by atoms with E-state index in [0.29, 0.717) is 5.56 Å². The minimum absolute atomic E-state index is 0.230. The molecule has 126 valence electrons. The van der Waals surface area contributed by atoms with Crippen LogP contribution in [0.25, 0.3) is 10.8 Å². The Hall–Kier alpha value is -2.46. The molecular formula is C21H18FNOS. The molecule has 1 N–H and O–H groups in total. The lowest BCUT2D eigenvalue weighted by molar-refractivity contribution is 0.300. The molecule has 0 saturated heterocycles. The number of halogens is 1. The SMILES string of the molecule is Fc1ccccc1COc1ccc2cc(CC3=CSCN3)ccc2c1. The summed E-state index contributed by atoms with van der Waals surface area (Å²) in [6, 6.07) is 19.2. The molecule has 4 rings (SSSR count).